The molecule has 1 aliphatic heterocycles. The smallest absolute Gasteiger partial charge is 0.293 e. The molecule has 6 heteroatoms. The number of methoxy groups -OCH3 is 1. The monoisotopic (exact) mass is 419 g/mol. The van der Waals surface area contributed by atoms with Crippen LogP contribution in [0.3, 0.4) is 0 Å². The molecule has 0 saturated carbocycles. The molecule has 0 aliphatic carbocycles. The zero-order valence-electron chi connectivity index (χ0n) is 16.8. The van der Waals surface area contributed by atoms with E-state index in [4.69, 9.17) is 9.47 Å². The average Bonchev–Trinajstić information content (AvgIpc) is 3.02. The zero-order chi connectivity index (χ0) is 21.1. The van der Waals surface area contributed by atoms with Crippen LogP contribution >= 0.6 is 11.8 Å². The highest BCUT2D eigenvalue weighted by Crippen LogP contribution is 2.36. The van der Waals surface area contributed by atoms with Gasteiger partial charge in [0, 0.05) is 0 Å². The molecule has 0 radical (unpaired) electrons. The van der Waals surface area contributed by atoms with E-state index in [1.165, 1.54) is 4.90 Å². The van der Waals surface area contributed by atoms with Crippen molar-refractivity contribution in [1.29, 1.82) is 0 Å². The molecule has 5 nitrogen and oxygen atoms in total. The fourth-order valence-electron chi connectivity index (χ4n) is 3.44. The Bertz CT molecular complexity index is 1150. The topological polar surface area (TPSA) is 55.8 Å². The molecule has 2 amide bonds. The fourth-order valence-corrected chi connectivity index (χ4v) is 4.28. The number of imide groups is 1. The highest BCUT2D eigenvalue weighted by Gasteiger charge is 2.35. The molecule has 1 heterocycles. The van der Waals surface area contributed by atoms with Gasteiger partial charge in [-0.15, -0.1) is 0 Å². The van der Waals surface area contributed by atoms with Crippen LogP contribution < -0.4 is 9.47 Å². The van der Waals surface area contributed by atoms with Crippen molar-refractivity contribution in [2.24, 2.45) is 0 Å². The fraction of sp³-hybridized carbons (Fsp3) is 0.167. The van der Waals surface area contributed by atoms with Crippen molar-refractivity contribution in [2.75, 3.05) is 13.7 Å². The van der Waals surface area contributed by atoms with E-state index in [1.807, 2.05) is 55.5 Å². The summed E-state index contributed by atoms with van der Waals surface area (Å²) in [5.74, 6) is 0.938. The van der Waals surface area contributed by atoms with Crippen LogP contribution in [-0.4, -0.2) is 29.8 Å². The average molecular weight is 420 g/mol. The van der Waals surface area contributed by atoms with Crippen molar-refractivity contribution in [3.63, 3.8) is 0 Å². The van der Waals surface area contributed by atoms with Crippen LogP contribution in [0.15, 0.2) is 65.6 Å². The molecule has 152 valence electrons. The first-order chi connectivity index (χ1) is 14.6. The lowest BCUT2D eigenvalue weighted by Gasteiger charge is -2.14. The lowest BCUT2D eigenvalue weighted by molar-refractivity contribution is -0.123. The van der Waals surface area contributed by atoms with Crippen LogP contribution in [-0.2, 0) is 11.3 Å². The number of thioether (sulfide) groups is 1. The summed E-state index contributed by atoms with van der Waals surface area (Å²) >= 11 is 0.957. The second-order valence-corrected chi connectivity index (χ2v) is 7.74. The number of rotatable bonds is 6. The van der Waals surface area contributed by atoms with Gasteiger partial charge < -0.3 is 9.47 Å². The Morgan fingerprint density at radius 2 is 1.80 bits per heavy atom. The van der Waals surface area contributed by atoms with E-state index in [1.54, 1.807) is 25.3 Å². The summed E-state index contributed by atoms with van der Waals surface area (Å²) < 4.78 is 10.9. The number of carbonyl (C=O) groups is 2. The minimum atomic E-state index is -0.285. The van der Waals surface area contributed by atoms with Crippen LogP contribution in [0.5, 0.6) is 11.5 Å². The first-order valence-electron chi connectivity index (χ1n) is 9.63. The maximum absolute atomic E-state index is 13.0. The third-order valence-electron chi connectivity index (χ3n) is 4.87. The van der Waals surface area contributed by atoms with E-state index in [9.17, 15) is 9.59 Å². The van der Waals surface area contributed by atoms with E-state index in [2.05, 4.69) is 0 Å². The van der Waals surface area contributed by atoms with Gasteiger partial charge in [-0.1, -0.05) is 48.5 Å². The van der Waals surface area contributed by atoms with Crippen molar-refractivity contribution < 1.29 is 19.1 Å². The van der Waals surface area contributed by atoms with Crippen molar-refractivity contribution in [1.82, 2.24) is 4.90 Å². The second kappa shape index (κ2) is 8.63. The van der Waals surface area contributed by atoms with Crippen molar-refractivity contribution in [3.05, 3.63) is 76.7 Å². The molecule has 0 bridgehead atoms. The van der Waals surface area contributed by atoms with Crippen molar-refractivity contribution in [2.45, 2.75) is 13.5 Å². The normalized spacial score (nSPS) is 15.3. The minimum Gasteiger partial charge on any atom is -0.493 e. The maximum atomic E-state index is 13.0. The summed E-state index contributed by atoms with van der Waals surface area (Å²) in [6.45, 7) is 2.64. The van der Waals surface area contributed by atoms with Crippen LogP contribution in [0, 0.1) is 0 Å². The number of ether oxygens (including phenoxy) is 2. The van der Waals surface area contributed by atoms with E-state index in [-0.39, 0.29) is 17.7 Å². The van der Waals surface area contributed by atoms with Crippen LogP contribution in [0.25, 0.3) is 16.8 Å². The molecule has 3 aromatic carbocycles. The lowest BCUT2D eigenvalue weighted by Crippen LogP contribution is -2.27. The Morgan fingerprint density at radius 3 is 2.60 bits per heavy atom. The molecule has 0 N–H and O–H groups in total. The summed E-state index contributed by atoms with van der Waals surface area (Å²) in [6, 6.07) is 19.3. The Morgan fingerprint density at radius 1 is 1.00 bits per heavy atom. The van der Waals surface area contributed by atoms with Crippen molar-refractivity contribution >= 4 is 39.8 Å². The highest BCUT2D eigenvalue weighted by atomic mass is 32.2. The summed E-state index contributed by atoms with van der Waals surface area (Å²) in [6.07, 6.45) is 1.72. The minimum absolute atomic E-state index is 0.246. The van der Waals surface area contributed by atoms with Crippen LogP contribution in [0.4, 0.5) is 4.79 Å². The van der Waals surface area contributed by atoms with Crippen LogP contribution in [0.1, 0.15) is 18.1 Å². The Labute approximate surface area is 179 Å². The number of carbonyl (C=O) groups excluding carboxylic acids is 2. The Kier molecular flexibility index (Phi) is 5.77. The molecule has 1 fully saturated rings. The molecule has 0 unspecified atom stereocenters. The summed E-state index contributed by atoms with van der Waals surface area (Å²) in [7, 11) is 1.58. The molecule has 3 aromatic rings. The molecule has 0 spiro atoms. The summed E-state index contributed by atoms with van der Waals surface area (Å²) in [5.41, 5.74) is 1.72. The van der Waals surface area contributed by atoms with E-state index < -0.39 is 0 Å². The van der Waals surface area contributed by atoms with Gasteiger partial charge in [-0.3, -0.25) is 14.5 Å². The van der Waals surface area contributed by atoms with Gasteiger partial charge in [0.05, 0.1) is 25.2 Å². The van der Waals surface area contributed by atoms with E-state index >= 15 is 0 Å². The molecule has 0 aromatic heterocycles. The number of fused-ring (bicyclic) bond motifs is 1. The Balaban J connectivity index is 1.60. The van der Waals surface area contributed by atoms with Crippen LogP contribution in [0.2, 0.25) is 0 Å². The zero-order valence-corrected chi connectivity index (χ0v) is 17.6. The predicted molar refractivity (Wildman–Crippen MR) is 120 cm³/mol. The van der Waals surface area contributed by atoms with Crippen molar-refractivity contribution in [3.8, 4) is 11.5 Å². The standard InChI is InChI=1S/C24H21NO4S/c1-3-29-21-13-16(11-12-20(21)28-2)14-22-23(26)25(24(27)30-22)15-18-9-6-8-17-7-4-5-10-19(17)18/h4-14H,3,15H2,1-2H3/b22-14+. The summed E-state index contributed by atoms with van der Waals surface area (Å²) in [4.78, 5) is 27.2. The van der Waals surface area contributed by atoms with Gasteiger partial charge >= 0.3 is 0 Å². The Hall–Kier alpha value is -3.25. The van der Waals surface area contributed by atoms with Gasteiger partial charge in [0.2, 0.25) is 0 Å². The largest absolute Gasteiger partial charge is 0.493 e. The predicted octanol–water partition coefficient (Wildman–Crippen LogP) is 5.48. The number of hydrogen-bond acceptors (Lipinski definition) is 5. The van der Waals surface area contributed by atoms with Gasteiger partial charge in [0.1, 0.15) is 0 Å². The SMILES string of the molecule is CCOc1cc(/C=C2/SC(=O)N(Cc3cccc4ccccc34)C2=O)ccc1OC. The molecular weight excluding hydrogens is 398 g/mol. The molecule has 4 rings (SSSR count). The highest BCUT2D eigenvalue weighted by molar-refractivity contribution is 8.18. The number of nitrogens with zero attached hydrogens (tertiary/aromatic N) is 1. The first-order valence-corrected chi connectivity index (χ1v) is 10.4. The summed E-state index contributed by atoms with van der Waals surface area (Å²) in [5, 5.41) is 1.86. The maximum Gasteiger partial charge on any atom is 0.293 e. The van der Waals surface area contributed by atoms with Gasteiger partial charge in [0.25, 0.3) is 11.1 Å². The van der Waals surface area contributed by atoms with E-state index in [0.717, 1.165) is 33.7 Å². The molecule has 1 saturated heterocycles. The van der Waals surface area contributed by atoms with E-state index in [0.29, 0.717) is 23.0 Å². The van der Waals surface area contributed by atoms with Gasteiger partial charge in [0.15, 0.2) is 11.5 Å². The quantitative estimate of drug-likeness (QED) is 0.495. The second-order valence-electron chi connectivity index (χ2n) is 6.75. The van der Waals surface area contributed by atoms with Gasteiger partial charge in [-0.2, -0.15) is 0 Å². The number of hydrogen-bond donors (Lipinski definition) is 0. The third kappa shape index (κ3) is 3.91. The number of benzene rings is 3. The molecule has 30 heavy (non-hydrogen) atoms. The molecule has 1 aliphatic rings. The lowest BCUT2D eigenvalue weighted by atomic mass is 10.0. The number of amides is 2. The van der Waals surface area contributed by atoms with Gasteiger partial charge in [-0.05, 0) is 58.8 Å². The molecule has 0 atom stereocenters. The first kappa shape index (κ1) is 20.0. The molecular formula is C24H21NO4S. The van der Waals surface area contributed by atoms with Gasteiger partial charge in [-0.25, -0.2) is 0 Å². The third-order valence-corrected chi connectivity index (χ3v) is 5.77.